The number of benzene rings is 3. The molecular weight excluding hydrogens is 572 g/mol. The summed E-state index contributed by atoms with van der Waals surface area (Å²) in [6, 6.07) is 7.06. The van der Waals surface area contributed by atoms with Gasteiger partial charge in [0.2, 0.25) is 5.43 Å². The lowest BCUT2D eigenvalue weighted by molar-refractivity contribution is -0.152. The molecule has 0 aliphatic heterocycles. The van der Waals surface area contributed by atoms with E-state index < -0.39 is 63.4 Å². The lowest BCUT2D eigenvalue weighted by Crippen LogP contribution is -2.42. The van der Waals surface area contributed by atoms with Crippen molar-refractivity contribution in [2.75, 3.05) is 7.11 Å². The van der Waals surface area contributed by atoms with Crippen molar-refractivity contribution in [3.05, 3.63) is 91.7 Å². The number of phenols is 3. The van der Waals surface area contributed by atoms with E-state index in [-0.39, 0.29) is 50.8 Å². The standard InChI is InChI=1S/C33H24O11/c1-12-8-16-22(18(36)9-12)30(40)26-27(37)15-6-7-33(26,31(16)43-13(2)34)11-14-10-20-25(28(38)21(14)15)29(39)24-19(44-20)5-4-17(35)23(24)32(41)42-3/h4-10,15,31,35-36,38,40H,11H2,1-3H3/t15-,31?,33?/m0/s1. The third-order valence-corrected chi connectivity index (χ3v) is 8.77. The number of carbonyl (C=O) groups is 3. The number of hydrogen-bond acceptors (Lipinski definition) is 11. The SMILES string of the molecule is COC(=O)c1c(O)ccc2oc3cc4c(c(O)c3c(=O)c12)[C@@H]1C=CC2(C4)C(=C(O)c3c(O)cc(C)cc3C2OC(C)=O)C1=O. The Balaban J connectivity index is 1.56. The van der Waals surface area contributed by atoms with Crippen LogP contribution in [0.25, 0.3) is 27.7 Å². The fraction of sp³-hybridized carbons (Fsp3) is 0.212. The molecule has 4 aromatic rings. The number of allylic oxidation sites excluding steroid dienone is 1. The van der Waals surface area contributed by atoms with Crippen molar-refractivity contribution in [1.29, 1.82) is 0 Å². The Morgan fingerprint density at radius 3 is 2.45 bits per heavy atom. The molecule has 2 bridgehead atoms. The zero-order valence-electron chi connectivity index (χ0n) is 23.5. The van der Waals surface area contributed by atoms with Crippen molar-refractivity contribution in [2.45, 2.75) is 32.3 Å². The van der Waals surface area contributed by atoms with Crippen LogP contribution in [0, 0.1) is 12.3 Å². The minimum absolute atomic E-state index is 0.0338. The summed E-state index contributed by atoms with van der Waals surface area (Å²) in [6.45, 7) is 2.94. The van der Waals surface area contributed by atoms with Gasteiger partial charge in [-0.15, -0.1) is 0 Å². The van der Waals surface area contributed by atoms with Crippen LogP contribution >= 0.6 is 0 Å². The zero-order chi connectivity index (χ0) is 31.4. The highest BCUT2D eigenvalue weighted by Gasteiger charge is 2.57. The first kappa shape index (κ1) is 27.3. The minimum atomic E-state index is -1.44. The monoisotopic (exact) mass is 596 g/mol. The number of Topliss-reactive ketones (excluding diaryl/α,β-unsaturated/α-hetero) is 1. The van der Waals surface area contributed by atoms with Gasteiger partial charge in [0.05, 0.1) is 35.0 Å². The maximum atomic E-state index is 14.2. The minimum Gasteiger partial charge on any atom is -0.507 e. The Hall–Kier alpha value is -5.58. The topological polar surface area (TPSA) is 181 Å². The van der Waals surface area contributed by atoms with E-state index in [9.17, 15) is 39.6 Å². The van der Waals surface area contributed by atoms with Gasteiger partial charge in [0.25, 0.3) is 0 Å². The third kappa shape index (κ3) is 3.37. The largest absolute Gasteiger partial charge is 0.507 e. The van der Waals surface area contributed by atoms with Crippen molar-refractivity contribution >= 4 is 45.4 Å². The number of aliphatic hydroxyl groups is 1. The predicted molar refractivity (Wildman–Crippen MR) is 155 cm³/mol. The number of phenolic OH excluding ortho intramolecular Hbond substituents is 3. The highest BCUT2D eigenvalue weighted by atomic mass is 16.5. The van der Waals surface area contributed by atoms with Crippen molar-refractivity contribution in [2.24, 2.45) is 5.41 Å². The van der Waals surface area contributed by atoms with Crippen LogP contribution in [0.5, 0.6) is 17.2 Å². The number of aryl methyl sites for hydroxylation is 1. The van der Waals surface area contributed by atoms with Crippen LogP contribution in [-0.2, 0) is 25.5 Å². The Kier molecular flexibility index (Phi) is 5.55. The molecule has 0 amide bonds. The lowest BCUT2D eigenvalue weighted by Gasteiger charge is -2.44. The van der Waals surface area contributed by atoms with E-state index in [1.165, 1.54) is 37.3 Å². The first-order chi connectivity index (χ1) is 20.9. The second-order valence-electron chi connectivity index (χ2n) is 11.3. The smallest absolute Gasteiger partial charge is 0.342 e. The highest BCUT2D eigenvalue weighted by molar-refractivity contribution is 6.13. The summed E-state index contributed by atoms with van der Waals surface area (Å²) in [7, 11) is 1.08. The molecule has 1 spiro atoms. The maximum Gasteiger partial charge on any atom is 0.342 e. The molecule has 222 valence electrons. The molecule has 4 N–H and O–H groups in total. The molecule has 4 aliphatic rings. The summed E-state index contributed by atoms with van der Waals surface area (Å²) < 4.78 is 16.6. The van der Waals surface area contributed by atoms with Gasteiger partial charge in [0, 0.05) is 18.1 Å². The molecule has 4 aliphatic carbocycles. The van der Waals surface area contributed by atoms with Crippen LogP contribution in [-0.4, -0.2) is 45.3 Å². The average Bonchev–Trinajstić information content (AvgIpc) is 3.18. The molecule has 0 radical (unpaired) electrons. The van der Waals surface area contributed by atoms with Crippen molar-refractivity contribution < 1.29 is 48.7 Å². The fourth-order valence-corrected chi connectivity index (χ4v) is 7.10. The van der Waals surface area contributed by atoms with Crippen molar-refractivity contribution in [3.8, 4) is 17.2 Å². The van der Waals surface area contributed by atoms with E-state index in [1.807, 2.05) is 0 Å². The Bertz CT molecular complexity index is 2170. The Labute approximate surface area is 247 Å². The quantitative estimate of drug-likeness (QED) is 0.145. The Morgan fingerprint density at radius 1 is 1.00 bits per heavy atom. The van der Waals surface area contributed by atoms with Gasteiger partial charge >= 0.3 is 11.9 Å². The van der Waals surface area contributed by atoms with E-state index >= 15 is 0 Å². The van der Waals surface area contributed by atoms with Crippen LogP contribution in [0.2, 0.25) is 0 Å². The lowest BCUT2D eigenvalue weighted by atomic mass is 9.61. The second kappa shape index (κ2) is 8.96. The van der Waals surface area contributed by atoms with Crippen LogP contribution in [0.3, 0.4) is 0 Å². The van der Waals surface area contributed by atoms with Gasteiger partial charge < -0.3 is 34.3 Å². The fourth-order valence-electron chi connectivity index (χ4n) is 7.10. The number of ketones is 1. The number of ether oxygens (including phenoxy) is 2. The number of fused-ring (bicyclic) bond motifs is 3. The molecule has 1 aromatic heterocycles. The number of hydrogen-bond donors (Lipinski definition) is 4. The van der Waals surface area contributed by atoms with Crippen molar-refractivity contribution in [3.63, 3.8) is 0 Å². The third-order valence-electron chi connectivity index (χ3n) is 8.77. The molecule has 2 unspecified atom stereocenters. The average molecular weight is 597 g/mol. The van der Waals surface area contributed by atoms with E-state index in [2.05, 4.69) is 0 Å². The molecule has 44 heavy (non-hydrogen) atoms. The molecule has 1 heterocycles. The van der Waals surface area contributed by atoms with Gasteiger partial charge in [0.15, 0.2) is 5.78 Å². The van der Waals surface area contributed by atoms with Crippen LogP contribution < -0.4 is 5.43 Å². The zero-order valence-corrected chi connectivity index (χ0v) is 23.5. The number of aliphatic hydroxyl groups excluding tert-OH is 1. The van der Waals surface area contributed by atoms with Gasteiger partial charge in [-0.2, -0.15) is 0 Å². The Morgan fingerprint density at radius 2 is 1.75 bits per heavy atom. The first-order valence-corrected chi connectivity index (χ1v) is 13.6. The molecule has 3 aromatic carbocycles. The number of carbonyl (C=O) groups excluding carboxylic acids is 3. The molecule has 3 atom stereocenters. The summed E-state index contributed by atoms with van der Waals surface area (Å²) in [5, 5.41) is 43.8. The highest BCUT2D eigenvalue weighted by Crippen LogP contribution is 2.61. The number of aromatic hydroxyl groups is 3. The normalized spacial score (nSPS) is 21.6. The van der Waals surface area contributed by atoms with Crippen LogP contribution in [0.1, 0.15) is 57.1 Å². The molecule has 11 nitrogen and oxygen atoms in total. The van der Waals surface area contributed by atoms with Crippen LogP contribution in [0.15, 0.2) is 57.3 Å². The summed E-state index contributed by atoms with van der Waals surface area (Å²) in [4.78, 5) is 53.1. The van der Waals surface area contributed by atoms with Gasteiger partial charge in [-0.1, -0.05) is 18.2 Å². The van der Waals surface area contributed by atoms with Gasteiger partial charge in [-0.25, -0.2) is 4.79 Å². The molecule has 11 heteroatoms. The summed E-state index contributed by atoms with van der Waals surface area (Å²) in [6.07, 6.45) is 1.97. The first-order valence-electron chi connectivity index (χ1n) is 13.6. The van der Waals surface area contributed by atoms with Crippen molar-refractivity contribution in [1.82, 2.24) is 0 Å². The molecule has 0 saturated carbocycles. The van der Waals surface area contributed by atoms with Gasteiger partial charge in [-0.05, 0) is 48.7 Å². The number of esters is 2. The number of rotatable bonds is 2. The number of methoxy groups -OCH3 is 1. The summed E-state index contributed by atoms with van der Waals surface area (Å²) in [5.41, 5.74) is -1.60. The van der Waals surface area contributed by atoms with Gasteiger partial charge in [0.1, 0.15) is 51.2 Å². The second-order valence-corrected chi connectivity index (χ2v) is 11.3. The molecular formula is C33H24O11. The van der Waals surface area contributed by atoms with E-state index in [0.717, 1.165) is 7.11 Å². The van der Waals surface area contributed by atoms with Gasteiger partial charge in [-0.3, -0.25) is 14.4 Å². The van der Waals surface area contributed by atoms with E-state index in [4.69, 9.17) is 13.9 Å². The summed E-state index contributed by atoms with van der Waals surface area (Å²) in [5.74, 6) is -5.33. The predicted octanol–water partition coefficient (Wildman–Crippen LogP) is 4.51. The molecule has 8 rings (SSSR count). The van der Waals surface area contributed by atoms with Crippen LogP contribution in [0.4, 0.5) is 0 Å². The van der Waals surface area contributed by atoms with E-state index in [1.54, 1.807) is 19.1 Å². The summed E-state index contributed by atoms with van der Waals surface area (Å²) >= 11 is 0. The molecule has 0 fully saturated rings. The maximum absolute atomic E-state index is 14.2. The van der Waals surface area contributed by atoms with E-state index in [0.29, 0.717) is 16.7 Å². The molecule has 0 saturated heterocycles.